The van der Waals surface area contributed by atoms with E-state index < -0.39 is 73.1 Å². The third-order valence-electron chi connectivity index (χ3n) is 2.16. The summed E-state index contributed by atoms with van der Waals surface area (Å²) < 4.78 is 54.6. The summed E-state index contributed by atoms with van der Waals surface area (Å²) >= 11 is 1.47. The summed E-state index contributed by atoms with van der Waals surface area (Å²) in [6.07, 6.45) is -2.92. The molecule has 0 aliphatic rings. The first-order valence-electron chi connectivity index (χ1n) is 6.93. The van der Waals surface area contributed by atoms with E-state index >= 15 is 0 Å². The average molecular weight is 709 g/mol. The van der Waals surface area contributed by atoms with Gasteiger partial charge in [-0.3, -0.25) is 28.0 Å². The number of phosphoric ester groups is 1. The van der Waals surface area contributed by atoms with Crippen LogP contribution in [0.2, 0.25) is 0 Å². The Balaban J connectivity index is -0.0000000627. The van der Waals surface area contributed by atoms with Crippen LogP contribution in [0.15, 0.2) is 0 Å². The molecule has 17 nitrogen and oxygen atoms in total. The molecule has 0 aliphatic heterocycles. The molecule has 0 amide bonds. The van der Waals surface area contributed by atoms with E-state index in [2.05, 4.69) is 23.8 Å². The molecule has 0 saturated heterocycles. The van der Waals surface area contributed by atoms with Gasteiger partial charge in [-0.2, -0.15) is 8.42 Å². The van der Waals surface area contributed by atoms with Gasteiger partial charge in [0.2, 0.25) is 0 Å². The van der Waals surface area contributed by atoms with Gasteiger partial charge in [0, 0.05) is 6.92 Å². The Hall–Kier alpha value is 5.34. The molecule has 38 heavy (non-hydrogen) atoms. The van der Waals surface area contributed by atoms with E-state index in [0.29, 0.717) is 0 Å². The van der Waals surface area contributed by atoms with Gasteiger partial charge < -0.3 is 29.5 Å². The molecule has 0 aromatic carbocycles. The van der Waals surface area contributed by atoms with Crippen molar-refractivity contribution in [3.8, 4) is 0 Å². The standard InChI is InChI=1S/C10H13O13P.2ClH.K.Li.5Na.H2O4S.6H/c1-5(11)22-8(15)4-21-7(14)3-10(9(16)17,2-6(12)13)23-24(18,19)20;;;;;;;;;;1-5(2,3)4;;;;;;/h2-4H2,1H3,(H,12,13)(H,16,17)(H2,18,19,20);2*1H;;;;;;;;(H2,1,2,3,4);;;;;;/q;;;;+1;;;;;;;;;;;;/p-1. The van der Waals surface area contributed by atoms with Crippen LogP contribution in [-0.2, 0) is 52.9 Å². The second-order valence-corrected chi connectivity index (χ2v) is 6.76. The van der Waals surface area contributed by atoms with Crippen molar-refractivity contribution in [2.24, 2.45) is 0 Å². The monoisotopic (exact) mass is 708 g/mol. The molecule has 28 heteroatoms. The van der Waals surface area contributed by atoms with Crippen molar-refractivity contribution in [3.63, 3.8) is 0 Å². The summed E-state index contributed by atoms with van der Waals surface area (Å²) in [5.74, 6) is -7.84. The summed E-state index contributed by atoms with van der Waals surface area (Å²) in [6, 6.07) is 0. The fourth-order valence-corrected chi connectivity index (χ4v) is 2.07. The molecule has 0 aliphatic carbocycles. The maximum atomic E-state index is 11.5. The molecule has 0 fully saturated rings. The van der Waals surface area contributed by atoms with Crippen molar-refractivity contribution in [1.82, 2.24) is 0 Å². The number of hydrogen-bond donors (Lipinski definition) is 6. The molecule has 6 N–H and O–H groups in total. The van der Waals surface area contributed by atoms with Crippen LogP contribution in [-0.4, -0.2) is 295 Å². The molecule has 0 aromatic rings. The van der Waals surface area contributed by atoms with Gasteiger partial charge in [0.15, 0.2) is 12.2 Å². The predicted octanol–water partition coefficient (Wildman–Crippen LogP) is -5.40. The maximum absolute atomic E-state index is 11.5. The third kappa shape index (κ3) is 50.9. The van der Waals surface area contributed by atoms with Gasteiger partial charge in [-0.25, -0.2) is 14.2 Å². The van der Waals surface area contributed by atoms with Crippen molar-refractivity contribution >= 4 is 286 Å². The van der Waals surface area contributed by atoms with Crippen molar-refractivity contribution in [2.45, 2.75) is 25.4 Å². The minimum absolute atomic E-state index is 0. The first-order valence-corrected chi connectivity index (χ1v) is 10.6. The zero-order chi connectivity index (χ0) is 25.6. The molecular formula is C10H22Cl2KLiNa5O17PS. The minimum atomic E-state index is -5.50. The van der Waals surface area contributed by atoms with E-state index in [1.165, 1.54) is 16.7 Å². The topological polar surface area (TPSA) is 286 Å². The van der Waals surface area contributed by atoms with Gasteiger partial charge in [-0.15, -0.1) is 12.4 Å². The van der Waals surface area contributed by atoms with Crippen LogP contribution in [0.5, 0.6) is 0 Å². The number of esters is 3. The van der Waals surface area contributed by atoms with Gasteiger partial charge >= 0.3 is 274 Å². The van der Waals surface area contributed by atoms with E-state index in [4.69, 9.17) is 37.5 Å². The van der Waals surface area contributed by atoms with Gasteiger partial charge in [0.1, 0.15) is 0 Å². The quantitative estimate of drug-likeness (QED) is 0.0428. The molecule has 1 unspecified atom stereocenters. The van der Waals surface area contributed by atoms with Crippen molar-refractivity contribution in [1.29, 1.82) is 0 Å². The first-order chi connectivity index (χ1) is 13.8. The van der Waals surface area contributed by atoms with Crippen LogP contribution >= 0.6 is 30.0 Å². The summed E-state index contributed by atoms with van der Waals surface area (Å²) in [4.78, 5) is 72.3. The molecule has 0 radical (unpaired) electrons. The van der Waals surface area contributed by atoms with Crippen LogP contribution in [0.3, 0.4) is 0 Å². The fraction of sp³-hybridized carbons (Fsp3) is 0.500. The van der Waals surface area contributed by atoms with Crippen LogP contribution in [0.4, 0.5) is 0 Å². The number of carboxylic acids is 2. The average Bonchev–Trinajstić information content (AvgIpc) is 2.50. The number of carbonyl (C=O) groups excluding carboxylic acids is 3. The zero-order valence-electron chi connectivity index (χ0n) is 15.9. The number of hydrogen-bond acceptors (Lipinski definition) is 11. The molecular weight excluding hydrogens is 687 g/mol. The van der Waals surface area contributed by atoms with Gasteiger partial charge in [-0.05, 0) is 0 Å². The molecule has 196 valence electrons. The van der Waals surface area contributed by atoms with Gasteiger partial charge in [0.05, 0.1) is 12.8 Å². The van der Waals surface area contributed by atoms with E-state index in [1.807, 2.05) is 0 Å². The summed E-state index contributed by atoms with van der Waals surface area (Å²) in [5.41, 5.74) is -3.13. The summed E-state index contributed by atoms with van der Waals surface area (Å²) in [7, 11) is -5.53. The number of carboxylic acid groups (broad SMARTS) is 2. The molecule has 0 heterocycles. The second kappa shape index (κ2) is 36.8. The van der Waals surface area contributed by atoms with Crippen LogP contribution in [0.25, 0.3) is 0 Å². The van der Waals surface area contributed by atoms with Gasteiger partial charge in [-0.1, -0.05) is 0 Å². The SMILES string of the molecule is CC(=O)OC(=O)COC(=O)CC(CC(=O)O)(OP(=O)(O)O)C(=O)O.Cl.O=S(=O)(O)O.[KH].[Li][Cl].[NaH].[NaH].[NaH].[NaH].[NaH]. The van der Waals surface area contributed by atoms with E-state index in [-0.39, 0.29) is 212 Å². The van der Waals surface area contributed by atoms with Gasteiger partial charge in [0.25, 0.3) is 0 Å². The summed E-state index contributed by atoms with van der Waals surface area (Å²) in [5, 5.41) is 17.7. The molecule has 0 spiro atoms. The molecule has 1 atom stereocenters. The molecule has 0 aromatic heterocycles. The Bertz CT molecular complexity index is 830. The Morgan fingerprint density at radius 2 is 1.24 bits per heavy atom. The fourth-order valence-electron chi connectivity index (χ4n) is 1.40. The number of ether oxygens (including phenoxy) is 2. The van der Waals surface area contributed by atoms with E-state index in [1.54, 1.807) is 0 Å². The Morgan fingerprint density at radius 1 is 0.895 bits per heavy atom. The van der Waals surface area contributed by atoms with E-state index in [9.17, 15) is 28.5 Å². The first kappa shape index (κ1) is 69.9. The Morgan fingerprint density at radius 3 is 1.47 bits per heavy atom. The molecule has 0 rings (SSSR count). The summed E-state index contributed by atoms with van der Waals surface area (Å²) in [6.45, 7) is -0.229. The number of phosphoric acid groups is 1. The third-order valence-corrected chi connectivity index (χ3v) is 2.75. The number of aliphatic carboxylic acids is 2. The van der Waals surface area contributed by atoms with Crippen LogP contribution < -0.4 is 0 Å². The van der Waals surface area contributed by atoms with Crippen LogP contribution in [0, 0.1) is 0 Å². The van der Waals surface area contributed by atoms with Crippen molar-refractivity contribution in [3.05, 3.63) is 0 Å². The Labute approximate surface area is 389 Å². The number of rotatable bonds is 9. The predicted molar refractivity (Wildman–Crippen MR) is 144 cm³/mol. The van der Waals surface area contributed by atoms with Crippen LogP contribution in [0.1, 0.15) is 19.8 Å². The number of halogens is 2. The Kier molecular flexibility index (Phi) is 67.7. The molecule has 0 bridgehead atoms. The zero-order valence-corrected chi connectivity index (χ0v) is 19.2. The van der Waals surface area contributed by atoms with Crippen molar-refractivity contribution in [2.75, 3.05) is 6.61 Å². The second-order valence-electron chi connectivity index (χ2n) is 4.70. The van der Waals surface area contributed by atoms with Crippen molar-refractivity contribution < 1.29 is 80.1 Å². The normalized spacial score (nSPS) is 10.2. The number of carbonyl (C=O) groups is 5. The molecule has 0 saturated carbocycles. The van der Waals surface area contributed by atoms with E-state index in [0.717, 1.165) is 6.92 Å².